The van der Waals surface area contributed by atoms with Crippen molar-refractivity contribution >= 4 is 33.5 Å². The zero-order chi connectivity index (χ0) is 15.6. The van der Waals surface area contributed by atoms with Crippen molar-refractivity contribution in [3.63, 3.8) is 0 Å². The van der Waals surface area contributed by atoms with Gasteiger partial charge in [-0.25, -0.2) is 0 Å². The average Bonchev–Trinajstić information content (AvgIpc) is 2.94. The van der Waals surface area contributed by atoms with Crippen LogP contribution in [0, 0.1) is 0 Å². The Morgan fingerprint density at radius 2 is 1.87 bits per heavy atom. The van der Waals surface area contributed by atoms with Crippen molar-refractivity contribution in [3.05, 3.63) is 72.6 Å². The largest absolute Gasteiger partial charge is 0.456 e. The van der Waals surface area contributed by atoms with Gasteiger partial charge in [0.2, 0.25) is 5.91 Å². The second-order valence-electron chi connectivity index (χ2n) is 5.40. The van der Waals surface area contributed by atoms with Crippen molar-refractivity contribution in [2.75, 3.05) is 5.32 Å². The summed E-state index contributed by atoms with van der Waals surface area (Å²) in [5.41, 5.74) is 3.35. The van der Waals surface area contributed by atoms with E-state index in [1.165, 1.54) is 0 Å². The summed E-state index contributed by atoms with van der Waals surface area (Å²) in [6.07, 6.45) is 3.61. The second kappa shape index (κ2) is 5.57. The van der Waals surface area contributed by atoms with E-state index in [0.717, 1.165) is 27.5 Å². The number of hydrogen-bond donors (Lipinski definition) is 1. The average molecular weight is 302 g/mol. The Morgan fingerprint density at radius 1 is 1.00 bits per heavy atom. The van der Waals surface area contributed by atoms with Crippen LogP contribution in [0.15, 0.2) is 71.4 Å². The summed E-state index contributed by atoms with van der Waals surface area (Å²) in [7, 11) is 0. The van der Waals surface area contributed by atoms with Gasteiger partial charge in [0.1, 0.15) is 11.2 Å². The van der Waals surface area contributed by atoms with Crippen LogP contribution in [0.25, 0.3) is 21.9 Å². The molecule has 0 atom stereocenters. The smallest absolute Gasteiger partial charge is 0.228 e. The van der Waals surface area contributed by atoms with Gasteiger partial charge in [-0.1, -0.05) is 24.3 Å². The number of pyridine rings is 1. The summed E-state index contributed by atoms with van der Waals surface area (Å²) in [5, 5.41) is 4.95. The summed E-state index contributed by atoms with van der Waals surface area (Å²) in [6, 6.07) is 17.4. The number of fused-ring (bicyclic) bond motifs is 3. The highest BCUT2D eigenvalue weighted by molar-refractivity contribution is 6.05. The maximum Gasteiger partial charge on any atom is 0.228 e. The molecule has 0 saturated carbocycles. The lowest BCUT2D eigenvalue weighted by Crippen LogP contribution is -2.14. The summed E-state index contributed by atoms with van der Waals surface area (Å²) in [5.74, 6) is -0.0647. The molecule has 2 aromatic heterocycles. The molecule has 4 aromatic rings. The topological polar surface area (TPSA) is 55.1 Å². The number of nitrogens with zero attached hydrogens (tertiary/aromatic N) is 1. The minimum absolute atomic E-state index is 0.0647. The predicted molar refractivity (Wildman–Crippen MR) is 90.3 cm³/mol. The van der Waals surface area contributed by atoms with Gasteiger partial charge in [0.05, 0.1) is 18.3 Å². The van der Waals surface area contributed by atoms with Gasteiger partial charge in [-0.15, -0.1) is 0 Å². The van der Waals surface area contributed by atoms with Crippen LogP contribution in [-0.2, 0) is 11.2 Å². The normalized spacial score (nSPS) is 11.0. The number of nitrogens with one attached hydrogen (secondary N) is 1. The number of hydrogen-bond acceptors (Lipinski definition) is 3. The molecule has 0 unspecified atom stereocenters. The molecule has 2 heterocycles. The lowest BCUT2D eigenvalue weighted by Gasteiger charge is -2.04. The lowest BCUT2D eigenvalue weighted by molar-refractivity contribution is -0.115. The molecule has 4 nitrogen and oxygen atoms in total. The standard InChI is InChI=1S/C19H14N2O2/c22-19(21-14-4-3-9-20-12-14)11-13-7-8-18-16(10-13)15-5-1-2-6-17(15)23-18/h1-10,12H,11H2,(H,21,22). The fraction of sp³-hybridized carbons (Fsp3) is 0.0526. The van der Waals surface area contributed by atoms with Crippen molar-refractivity contribution in [1.82, 2.24) is 4.98 Å². The number of anilines is 1. The van der Waals surface area contributed by atoms with Gasteiger partial charge in [0, 0.05) is 17.0 Å². The third-order valence-electron chi connectivity index (χ3n) is 3.75. The van der Waals surface area contributed by atoms with Crippen LogP contribution in [0.4, 0.5) is 5.69 Å². The van der Waals surface area contributed by atoms with Crippen LogP contribution >= 0.6 is 0 Å². The van der Waals surface area contributed by atoms with Crippen molar-refractivity contribution in [2.45, 2.75) is 6.42 Å². The quantitative estimate of drug-likeness (QED) is 0.618. The molecule has 1 N–H and O–H groups in total. The molecule has 4 heteroatoms. The van der Waals surface area contributed by atoms with E-state index >= 15 is 0 Å². The van der Waals surface area contributed by atoms with Gasteiger partial charge in [-0.3, -0.25) is 9.78 Å². The zero-order valence-corrected chi connectivity index (χ0v) is 12.3. The Bertz CT molecular complexity index is 990. The highest BCUT2D eigenvalue weighted by Gasteiger charge is 2.09. The Morgan fingerprint density at radius 3 is 2.74 bits per heavy atom. The molecule has 0 radical (unpaired) electrons. The van der Waals surface area contributed by atoms with E-state index < -0.39 is 0 Å². The third-order valence-corrected chi connectivity index (χ3v) is 3.75. The number of rotatable bonds is 3. The summed E-state index contributed by atoms with van der Waals surface area (Å²) < 4.78 is 5.80. The Labute approximate surface area is 132 Å². The maximum atomic E-state index is 12.2. The molecular weight excluding hydrogens is 288 g/mol. The van der Waals surface area contributed by atoms with Crippen LogP contribution in [0.3, 0.4) is 0 Å². The molecule has 0 saturated heterocycles. The van der Waals surface area contributed by atoms with Crippen molar-refractivity contribution in [1.29, 1.82) is 0 Å². The Kier molecular flexibility index (Phi) is 3.27. The van der Waals surface area contributed by atoms with Crippen LogP contribution in [0.5, 0.6) is 0 Å². The van der Waals surface area contributed by atoms with E-state index in [-0.39, 0.29) is 5.91 Å². The van der Waals surface area contributed by atoms with E-state index in [0.29, 0.717) is 12.1 Å². The van der Waals surface area contributed by atoms with Crippen LogP contribution in [-0.4, -0.2) is 10.9 Å². The van der Waals surface area contributed by atoms with Gasteiger partial charge < -0.3 is 9.73 Å². The first-order chi connectivity index (χ1) is 11.3. The molecule has 0 fully saturated rings. The molecule has 0 spiro atoms. The summed E-state index contributed by atoms with van der Waals surface area (Å²) in [6.45, 7) is 0. The highest BCUT2D eigenvalue weighted by Crippen LogP contribution is 2.29. The molecule has 0 aliphatic heterocycles. The maximum absolute atomic E-state index is 12.2. The Balaban J connectivity index is 1.61. The molecule has 112 valence electrons. The van der Waals surface area contributed by atoms with E-state index in [2.05, 4.69) is 10.3 Å². The number of carbonyl (C=O) groups is 1. The molecular formula is C19H14N2O2. The minimum Gasteiger partial charge on any atom is -0.456 e. The fourth-order valence-electron chi connectivity index (χ4n) is 2.71. The number of amides is 1. The third kappa shape index (κ3) is 2.66. The van der Waals surface area contributed by atoms with Gasteiger partial charge in [-0.2, -0.15) is 0 Å². The van der Waals surface area contributed by atoms with E-state index in [1.54, 1.807) is 18.5 Å². The van der Waals surface area contributed by atoms with E-state index in [1.807, 2.05) is 48.5 Å². The van der Waals surface area contributed by atoms with Crippen LogP contribution in [0.2, 0.25) is 0 Å². The van der Waals surface area contributed by atoms with Crippen molar-refractivity contribution in [3.8, 4) is 0 Å². The summed E-state index contributed by atoms with van der Waals surface area (Å²) >= 11 is 0. The minimum atomic E-state index is -0.0647. The van der Waals surface area contributed by atoms with Gasteiger partial charge in [-0.05, 0) is 35.9 Å². The lowest BCUT2D eigenvalue weighted by atomic mass is 10.1. The molecule has 0 bridgehead atoms. The molecule has 0 aliphatic rings. The fourth-order valence-corrected chi connectivity index (χ4v) is 2.71. The molecule has 1 amide bonds. The second-order valence-corrected chi connectivity index (χ2v) is 5.40. The SMILES string of the molecule is O=C(Cc1ccc2oc3ccccc3c2c1)Nc1cccnc1. The zero-order valence-electron chi connectivity index (χ0n) is 12.3. The van der Waals surface area contributed by atoms with Crippen LogP contribution < -0.4 is 5.32 Å². The number of aromatic nitrogens is 1. The van der Waals surface area contributed by atoms with Crippen molar-refractivity contribution in [2.24, 2.45) is 0 Å². The van der Waals surface area contributed by atoms with E-state index in [9.17, 15) is 4.79 Å². The van der Waals surface area contributed by atoms with Gasteiger partial charge >= 0.3 is 0 Å². The molecule has 4 rings (SSSR count). The number of para-hydroxylation sites is 1. The number of benzene rings is 2. The van der Waals surface area contributed by atoms with E-state index in [4.69, 9.17) is 4.42 Å². The van der Waals surface area contributed by atoms with Crippen LogP contribution in [0.1, 0.15) is 5.56 Å². The summed E-state index contributed by atoms with van der Waals surface area (Å²) in [4.78, 5) is 16.1. The number of furan rings is 1. The monoisotopic (exact) mass is 302 g/mol. The van der Waals surface area contributed by atoms with Crippen molar-refractivity contribution < 1.29 is 9.21 Å². The molecule has 2 aromatic carbocycles. The number of carbonyl (C=O) groups excluding carboxylic acids is 1. The first kappa shape index (κ1) is 13.5. The predicted octanol–water partition coefficient (Wildman–Crippen LogP) is 4.16. The van der Waals surface area contributed by atoms with Gasteiger partial charge in [0.25, 0.3) is 0 Å². The first-order valence-electron chi connectivity index (χ1n) is 7.40. The molecule has 0 aliphatic carbocycles. The van der Waals surface area contributed by atoms with Gasteiger partial charge in [0.15, 0.2) is 0 Å². The molecule has 23 heavy (non-hydrogen) atoms. The first-order valence-corrected chi connectivity index (χ1v) is 7.40. The highest BCUT2D eigenvalue weighted by atomic mass is 16.3. The Hall–Kier alpha value is -3.14.